The van der Waals surface area contributed by atoms with Gasteiger partial charge in [0.05, 0.1) is 5.69 Å². The predicted octanol–water partition coefficient (Wildman–Crippen LogP) is 3.29. The number of nitrogens with one attached hydrogen (secondary N) is 1. The Labute approximate surface area is 104 Å². The van der Waals surface area contributed by atoms with Crippen molar-refractivity contribution in [3.63, 3.8) is 0 Å². The molecule has 1 N–H and O–H groups in total. The van der Waals surface area contributed by atoms with Crippen LogP contribution in [0.4, 0.5) is 5.69 Å². The fourth-order valence-electron chi connectivity index (χ4n) is 2.11. The summed E-state index contributed by atoms with van der Waals surface area (Å²) in [5.41, 5.74) is 1.31. The molecular formula is C14H21N3. The van der Waals surface area contributed by atoms with Crippen molar-refractivity contribution in [3.05, 3.63) is 24.0 Å². The van der Waals surface area contributed by atoms with Crippen LogP contribution in [0.25, 0.3) is 0 Å². The topological polar surface area (TPSA) is 48.7 Å². The summed E-state index contributed by atoms with van der Waals surface area (Å²) in [5.74, 6) is 1.86. The second-order valence-corrected chi connectivity index (χ2v) is 5.04. The Morgan fingerprint density at radius 3 is 2.47 bits per heavy atom. The van der Waals surface area contributed by atoms with E-state index in [1.807, 2.05) is 12.1 Å². The van der Waals surface area contributed by atoms with Crippen LogP contribution in [0.3, 0.4) is 0 Å². The Kier molecular flexibility index (Phi) is 4.96. The maximum atomic E-state index is 8.95. The molecule has 1 aromatic heterocycles. The van der Waals surface area contributed by atoms with Crippen molar-refractivity contribution in [3.8, 4) is 6.07 Å². The van der Waals surface area contributed by atoms with Gasteiger partial charge in [-0.15, -0.1) is 0 Å². The fourth-order valence-corrected chi connectivity index (χ4v) is 2.11. The SMILES string of the molecule is CC(C)C(CNc1cccnc1C#N)C(C)C. The summed E-state index contributed by atoms with van der Waals surface area (Å²) in [6.07, 6.45) is 1.64. The van der Waals surface area contributed by atoms with Crippen molar-refractivity contribution in [2.75, 3.05) is 11.9 Å². The smallest absolute Gasteiger partial charge is 0.163 e. The van der Waals surface area contributed by atoms with Gasteiger partial charge in [-0.05, 0) is 29.9 Å². The lowest BCUT2D eigenvalue weighted by molar-refractivity contribution is 0.304. The summed E-state index contributed by atoms with van der Waals surface area (Å²) in [6.45, 7) is 9.83. The Morgan fingerprint density at radius 2 is 1.94 bits per heavy atom. The predicted molar refractivity (Wildman–Crippen MR) is 70.6 cm³/mol. The molecule has 1 rings (SSSR count). The minimum Gasteiger partial charge on any atom is -0.382 e. The first-order valence-electron chi connectivity index (χ1n) is 6.15. The highest BCUT2D eigenvalue weighted by molar-refractivity contribution is 5.53. The third kappa shape index (κ3) is 3.74. The zero-order valence-electron chi connectivity index (χ0n) is 11.1. The highest BCUT2D eigenvalue weighted by atomic mass is 14.9. The number of rotatable bonds is 5. The van der Waals surface area contributed by atoms with E-state index in [-0.39, 0.29) is 0 Å². The molecule has 0 saturated carbocycles. The Hall–Kier alpha value is -1.56. The van der Waals surface area contributed by atoms with Gasteiger partial charge in [-0.2, -0.15) is 5.26 Å². The van der Waals surface area contributed by atoms with Gasteiger partial charge in [0.1, 0.15) is 6.07 Å². The van der Waals surface area contributed by atoms with Gasteiger partial charge >= 0.3 is 0 Å². The van der Waals surface area contributed by atoms with Crippen molar-refractivity contribution in [2.24, 2.45) is 17.8 Å². The van der Waals surface area contributed by atoms with Crippen molar-refractivity contribution in [2.45, 2.75) is 27.7 Å². The Bertz CT molecular complexity index is 383. The fraction of sp³-hybridized carbons (Fsp3) is 0.571. The number of anilines is 1. The molecule has 0 aliphatic carbocycles. The van der Waals surface area contributed by atoms with Gasteiger partial charge in [-0.1, -0.05) is 27.7 Å². The number of aromatic nitrogens is 1. The van der Waals surface area contributed by atoms with E-state index in [1.165, 1.54) is 0 Å². The van der Waals surface area contributed by atoms with E-state index in [0.29, 0.717) is 23.4 Å². The van der Waals surface area contributed by atoms with Crippen molar-refractivity contribution in [1.82, 2.24) is 4.98 Å². The number of nitrogens with zero attached hydrogens (tertiary/aromatic N) is 2. The molecule has 0 amide bonds. The molecule has 0 saturated heterocycles. The third-order valence-corrected chi connectivity index (χ3v) is 3.15. The van der Waals surface area contributed by atoms with Crippen LogP contribution in [0.15, 0.2) is 18.3 Å². The quantitative estimate of drug-likeness (QED) is 0.846. The first-order valence-corrected chi connectivity index (χ1v) is 6.15. The summed E-state index contributed by atoms with van der Waals surface area (Å²) < 4.78 is 0. The maximum absolute atomic E-state index is 8.95. The van der Waals surface area contributed by atoms with Crippen LogP contribution < -0.4 is 5.32 Å². The molecule has 3 nitrogen and oxygen atoms in total. The summed E-state index contributed by atoms with van der Waals surface area (Å²) in [6, 6.07) is 5.86. The highest BCUT2D eigenvalue weighted by Gasteiger charge is 2.17. The standard InChI is InChI=1S/C14H21N3/c1-10(2)12(11(3)4)9-17-13-6-5-7-16-14(13)8-15/h5-7,10-12,17H,9H2,1-4H3. The molecule has 3 heteroatoms. The molecule has 17 heavy (non-hydrogen) atoms. The zero-order chi connectivity index (χ0) is 12.8. The van der Waals surface area contributed by atoms with Crippen molar-refractivity contribution >= 4 is 5.69 Å². The largest absolute Gasteiger partial charge is 0.382 e. The third-order valence-electron chi connectivity index (χ3n) is 3.15. The van der Waals surface area contributed by atoms with Crippen LogP contribution in [-0.4, -0.2) is 11.5 Å². The molecule has 1 aromatic rings. The Balaban J connectivity index is 2.69. The Morgan fingerprint density at radius 1 is 1.29 bits per heavy atom. The van der Waals surface area contributed by atoms with E-state index in [9.17, 15) is 0 Å². The van der Waals surface area contributed by atoms with Gasteiger partial charge in [-0.25, -0.2) is 4.98 Å². The minimum absolute atomic E-state index is 0.471. The van der Waals surface area contributed by atoms with Crippen LogP contribution in [0.1, 0.15) is 33.4 Å². The molecule has 0 unspecified atom stereocenters. The molecule has 92 valence electrons. The average Bonchev–Trinajstić information content (AvgIpc) is 2.29. The zero-order valence-corrected chi connectivity index (χ0v) is 11.1. The van der Waals surface area contributed by atoms with Gasteiger partial charge in [0, 0.05) is 12.7 Å². The monoisotopic (exact) mass is 231 g/mol. The molecule has 0 radical (unpaired) electrons. The summed E-state index contributed by atoms with van der Waals surface area (Å²) >= 11 is 0. The van der Waals surface area contributed by atoms with Crippen LogP contribution in [0.5, 0.6) is 0 Å². The molecule has 0 bridgehead atoms. The summed E-state index contributed by atoms with van der Waals surface area (Å²) in [5, 5.41) is 12.3. The maximum Gasteiger partial charge on any atom is 0.163 e. The lowest BCUT2D eigenvalue weighted by Crippen LogP contribution is -2.24. The molecule has 1 heterocycles. The summed E-state index contributed by atoms with van der Waals surface area (Å²) in [4.78, 5) is 4.04. The second-order valence-electron chi connectivity index (χ2n) is 5.04. The molecule has 0 aromatic carbocycles. The van der Waals surface area contributed by atoms with E-state index in [0.717, 1.165) is 12.2 Å². The number of pyridine rings is 1. The first kappa shape index (κ1) is 13.5. The molecule has 0 aliphatic heterocycles. The lowest BCUT2D eigenvalue weighted by Gasteiger charge is -2.25. The lowest BCUT2D eigenvalue weighted by atomic mass is 9.85. The van der Waals surface area contributed by atoms with E-state index >= 15 is 0 Å². The molecule has 0 aliphatic rings. The van der Waals surface area contributed by atoms with Gasteiger partial charge in [0.25, 0.3) is 0 Å². The van der Waals surface area contributed by atoms with Crippen LogP contribution in [-0.2, 0) is 0 Å². The minimum atomic E-state index is 0.471. The van der Waals surface area contributed by atoms with Crippen molar-refractivity contribution < 1.29 is 0 Å². The number of hydrogen-bond donors (Lipinski definition) is 1. The average molecular weight is 231 g/mol. The van der Waals surface area contributed by atoms with E-state index in [4.69, 9.17) is 5.26 Å². The molecule has 0 fully saturated rings. The van der Waals surface area contributed by atoms with Gasteiger partial charge in [0.2, 0.25) is 0 Å². The normalized spacial score (nSPS) is 10.9. The highest BCUT2D eigenvalue weighted by Crippen LogP contribution is 2.21. The number of hydrogen-bond acceptors (Lipinski definition) is 3. The van der Waals surface area contributed by atoms with Crippen molar-refractivity contribution in [1.29, 1.82) is 5.26 Å². The van der Waals surface area contributed by atoms with Crippen LogP contribution in [0, 0.1) is 29.1 Å². The number of nitriles is 1. The van der Waals surface area contributed by atoms with E-state index < -0.39 is 0 Å². The summed E-state index contributed by atoms with van der Waals surface area (Å²) in [7, 11) is 0. The first-order chi connectivity index (χ1) is 8.06. The van der Waals surface area contributed by atoms with Gasteiger partial charge in [-0.3, -0.25) is 0 Å². The van der Waals surface area contributed by atoms with E-state index in [1.54, 1.807) is 6.20 Å². The molecular weight excluding hydrogens is 210 g/mol. The molecule has 0 spiro atoms. The van der Waals surface area contributed by atoms with Gasteiger partial charge in [0.15, 0.2) is 5.69 Å². The second kappa shape index (κ2) is 6.24. The van der Waals surface area contributed by atoms with E-state index in [2.05, 4.69) is 44.1 Å². The van der Waals surface area contributed by atoms with Gasteiger partial charge < -0.3 is 5.32 Å². The molecule has 0 atom stereocenters. The van der Waals surface area contributed by atoms with Crippen LogP contribution in [0.2, 0.25) is 0 Å². The van der Waals surface area contributed by atoms with Crippen LogP contribution >= 0.6 is 0 Å².